The minimum absolute atomic E-state index is 0.0109. The minimum atomic E-state index is -0.713. The predicted molar refractivity (Wildman–Crippen MR) is 75.6 cm³/mol. The van der Waals surface area contributed by atoms with Gasteiger partial charge in [-0.1, -0.05) is 13.8 Å². The molecular weight excluding hydrogens is 262 g/mol. The van der Waals surface area contributed by atoms with E-state index in [1.807, 2.05) is 13.8 Å². The molecule has 0 fully saturated rings. The molecule has 0 spiro atoms. The Kier molecular flexibility index (Phi) is 5.45. The summed E-state index contributed by atoms with van der Waals surface area (Å²) < 4.78 is 0. The van der Waals surface area contributed by atoms with Gasteiger partial charge < -0.3 is 16.2 Å². The number of amides is 1. The summed E-state index contributed by atoms with van der Waals surface area (Å²) in [5.41, 5.74) is 5.31. The van der Waals surface area contributed by atoms with Crippen molar-refractivity contribution in [2.75, 3.05) is 11.9 Å². The van der Waals surface area contributed by atoms with E-state index in [4.69, 9.17) is 10.8 Å². The lowest BCUT2D eigenvalue weighted by Gasteiger charge is -2.22. The average molecular weight is 281 g/mol. The third kappa shape index (κ3) is 3.92. The molecule has 0 bridgehead atoms. The van der Waals surface area contributed by atoms with Crippen molar-refractivity contribution in [3.05, 3.63) is 33.9 Å². The molecule has 0 aliphatic heterocycles. The van der Waals surface area contributed by atoms with Gasteiger partial charge in [0.25, 0.3) is 5.69 Å². The SMILES string of the molecule is CC(C)C(CCO)Nc1ccc(C(N)=O)cc1[N+](=O)[O-]. The van der Waals surface area contributed by atoms with E-state index >= 15 is 0 Å². The first kappa shape index (κ1) is 15.9. The number of nitro benzene ring substituents is 1. The number of nitrogens with one attached hydrogen (secondary N) is 1. The lowest BCUT2D eigenvalue weighted by atomic mass is 10.0. The van der Waals surface area contributed by atoms with E-state index in [1.54, 1.807) is 0 Å². The van der Waals surface area contributed by atoms with Crippen LogP contribution in [0.5, 0.6) is 0 Å². The summed E-state index contributed by atoms with van der Waals surface area (Å²) in [5.74, 6) is -0.520. The van der Waals surface area contributed by atoms with E-state index in [2.05, 4.69) is 5.32 Å². The van der Waals surface area contributed by atoms with E-state index in [1.165, 1.54) is 12.1 Å². The van der Waals surface area contributed by atoms with E-state index in [-0.39, 0.29) is 29.8 Å². The van der Waals surface area contributed by atoms with Crippen molar-refractivity contribution < 1.29 is 14.8 Å². The lowest BCUT2D eigenvalue weighted by Crippen LogP contribution is -2.27. The number of primary amides is 1. The fourth-order valence-corrected chi connectivity index (χ4v) is 1.87. The fourth-order valence-electron chi connectivity index (χ4n) is 1.87. The summed E-state index contributed by atoms with van der Waals surface area (Å²) in [5, 5.41) is 23.1. The molecule has 1 amide bonds. The molecule has 0 saturated heterocycles. The molecular formula is C13H19N3O4. The van der Waals surface area contributed by atoms with Crippen molar-refractivity contribution in [2.45, 2.75) is 26.3 Å². The first-order valence-corrected chi connectivity index (χ1v) is 6.32. The van der Waals surface area contributed by atoms with Crippen molar-refractivity contribution in [3.8, 4) is 0 Å². The topological polar surface area (TPSA) is 118 Å². The third-order valence-electron chi connectivity index (χ3n) is 3.06. The summed E-state index contributed by atoms with van der Waals surface area (Å²) in [6.45, 7) is 3.90. The Morgan fingerprint density at radius 2 is 2.15 bits per heavy atom. The summed E-state index contributed by atoms with van der Waals surface area (Å²) in [6.07, 6.45) is 0.479. The Hall–Kier alpha value is -2.15. The second-order valence-corrected chi connectivity index (χ2v) is 4.86. The number of nitro groups is 1. The van der Waals surface area contributed by atoms with Crippen LogP contribution in [0.3, 0.4) is 0 Å². The molecule has 0 heterocycles. The molecule has 1 aromatic carbocycles. The molecule has 0 saturated carbocycles. The molecule has 1 atom stereocenters. The third-order valence-corrected chi connectivity index (χ3v) is 3.06. The van der Waals surface area contributed by atoms with Crippen LogP contribution in [0.2, 0.25) is 0 Å². The van der Waals surface area contributed by atoms with Gasteiger partial charge in [-0.05, 0) is 24.5 Å². The number of aliphatic hydroxyl groups is 1. The largest absolute Gasteiger partial charge is 0.396 e. The van der Waals surface area contributed by atoms with Gasteiger partial charge in [0.2, 0.25) is 5.91 Å². The molecule has 0 aliphatic rings. The summed E-state index contributed by atoms with van der Waals surface area (Å²) >= 11 is 0. The quantitative estimate of drug-likeness (QED) is 0.517. The number of carbonyl (C=O) groups is 1. The zero-order valence-electron chi connectivity index (χ0n) is 11.5. The van der Waals surface area contributed by atoms with Gasteiger partial charge in [0.05, 0.1) is 4.92 Å². The molecule has 1 unspecified atom stereocenters. The Bertz CT molecular complexity index is 502. The molecule has 1 aromatic rings. The van der Waals surface area contributed by atoms with Gasteiger partial charge in [-0.3, -0.25) is 14.9 Å². The number of hydrogen-bond acceptors (Lipinski definition) is 5. The lowest BCUT2D eigenvalue weighted by molar-refractivity contribution is -0.384. The zero-order chi connectivity index (χ0) is 15.3. The number of carbonyl (C=O) groups excluding carboxylic acids is 1. The normalized spacial score (nSPS) is 12.2. The van der Waals surface area contributed by atoms with Gasteiger partial charge in [0.15, 0.2) is 0 Å². The number of hydrogen-bond donors (Lipinski definition) is 3. The van der Waals surface area contributed by atoms with Crippen molar-refractivity contribution in [3.63, 3.8) is 0 Å². The number of benzene rings is 1. The van der Waals surface area contributed by atoms with Crippen molar-refractivity contribution in [1.29, 1.82) is 0 Å². The highest BCUT2D eigenvalue weighted by atomic mass is 16.6. The molecule has 7 heteroatoms. The van der Waals surface area contributed by atoms with Crippen LogP contribution in [-0.2, 0) is 0 Å². The Balaban J connectivity index is 3.10. The Morgan fingerprint density at radius 1 is 1.50 bits per heavy atom. The Morgan fingerprint density at radius 3 is 2.60 bits per heavy atom. The van der Waals surface area contributed by atoms with E-state index in [9.17, 15) is 14.9 Å². The van der Waals surface area contributed by atoms with Gasteiger partial charge in [-0.25, -0.2) is 0 Å². The van der Waals surface area contributed by atoms with Gasteiger partial charge >= 0.3 is 0 Å². The molecule has 0 radical (unpaired) electrons. The number of nitrogens with zero attached hydrogens (tertiary/aromatic N) is 1. The van der Waals surface area contributed by atoms with Crippen LogP contribution >= 0.6 is 0 Å². The molecule has 20 heavy (non-hydrogen) atoms. The van der Waals surface area contributed by atoms with Crippen LogP contribution in [0, 0.1) is 16.0 Å². The van der Waals surface area contributed by atoms with Gasteiger partial charge in [0, 0.05) is 24.3 Å². The molecule has 110 valence electrons. The molecule has 4 N–H and O–H groups in total. The van der Waals surface area contributed by atoms with Crippen molar-refractivity contribution in [2.24, 2.45) is 11.7 Å². The number of anilines is 1. The molecule has 1 rings (SSSR count). The molecule has 0 aromatic heterocycles. The van der Waals surface area contributed by atoms with Crippen LogP contribution < -0.4 is 11.1 Å². The van der Waals surface area contributed by atoms with Crippen molar-refractivity contribution in [1.82, 2.24) is 0 Å². The van der Waals surface area contributed by atoms with Gasteiger partial charge in [-0.15, -0.1) is 0 Å². The maximum atomic E-state index is 11.1. The van der Waals surface area contributed by atoms with Crippen LogP contribution in [-0.4, -0.2) is 28.6 Å². The summed E-state index contributed by atoms with van der Waals surface area (Å²) in [4.78, 5) is 21.6. The smallest absolute Gasteiger partial charge is 0.293 e. The average Bonchev–Trinajstić information content (AvgIpc) is 2.37. The highest BCUT2D eigenvalue weighted by molar-refractivity contribution is 5.94. The number of aliphatic hydroxyl groups excluding tert-OH is 1. The minimum Gasteiger partial charge on any atom is -0.396 e. The highest BCUT2D eigenvalue weighted by Crippen LogP contribution is 2.27. The van der Waals surface area contributed by atoms with Crippen LogP contribution in [0.15, 0.2) is 18.2 Å². The van der Waals surface area contributed by atoms with Crippen LogP contribution in [0.25, 0.3) is 0 Å². The van der Waals surface area contributed by atoms with Gasteiger partial charge in [0.1, 0.15) is 5.69 Å². The van der Waals surface area contributed by atoms with E-state index < -0.39 is 10.8 Å². The fraction of sp³-hybridized carbons (Fsp3) is 0.462. The summed E-state index contributed by atoms with van der Waals surface area (Å²) in [6, 6.07) is 3.96. The highest BCUT2D eigenvalue weighted by Gasteiger charge is 2.20. The number of rotatable bonds is 7. The first-order valence-electron chi connectivity index (χ1n) is 6.32. The van der Waals surface area contributed by atoms with Crippen molar-refractivity contribution >= 4 is 17.3 Å². The maximum Gasteiger partial charge on any atom is 0.293 e. The summed E-state index contributed by atoms with van der Waals surface area (Å²) in [7, 11) is 0. The van der Waals surface area contributed by atoms with E-state index in [0.717, 1.165) is 6.07 Å². The second kappa shape index (κ2) is 6.85. The second-order valence-electron chi connectivity index (χ2n) is 4.86. The van der Waals surface area contributed by atoms with Crippen LogP contribution in [0.4, 0.5) is 11.4 Å². The van der Waals surface area contributed by atoms with Crippen LogP contribution in [0.1, 0.15) is 30.6 Å². The first-order chi connectivity index (χ1) is 9.36. The monoisotopic (exact) mass is 281 g/mol. The van der Waals surface area contributed by atoms with Gasteiger partial charge in [-0.2, -0.15) is 0 Å². The Labute approximate surface area is 116 Å². The molecule has 0 aliphatic carbocycles. The zero-order valence-corrected chi connectivity index (χ0v) is 11.5. The predicted octanol–water partition coefficient (Wildman–Crippen LogP) is 1.51. The maximum absolute atomic E-state index is 11.1. The standard InChI is InChI=1S/C13H19N3O4/c1-8(2)10(5-6-17)15-11-4-3-9(13(14)18)7-12(11)16(19)20/h3-4,7-8,10,15,17H,5-6H2,1-2H3,(H2,14,18). The van der Waals surface area contributed by atoms with E-state index in [0.29, 0.717) is 12.1 Å². The number of nitrogens with two attached hydrogens (primary N) is 1. The molecule has 7 nitrogen and oxygen atoms in total.